The first-order chi connectivity index (χ1) is 16.6. The number of hydrogen-bond donors (Lipinski definition) is 2. The van der Waals surface area contributed by atoms with Gasteiger partial charge in [0.15, 0.2) is 11.5 Å². The number of carbonyl (C=O) groups excluding carboxylic acids is 2. The first-order valence-electron chi connectivity index (χ1n) is 11.1. The maximum atomic E-state index is 12.2. The van der Waals surface area contributed by atoms with E-state index in [1.165, 1.54) is 25.3 Å². The summed E-state index contributed by atoms with van der Waals surface area (Å²) in [5, 5.41) is 20.8. The fourth-order valence-electron chi connectivity index (χ4n) is 3.12. The predicted molar refractivity (Wildman–Crippen MR) is 124 cm³/mol. The predicted octanol–water partition coefficient (Wildman–Crippen LogP) is 3.47. The lowest BCUT2D eigenvalue weighted by Crippen LogP contribution is -2.33. The first-order valence-corrected chi connectivity index (χ1v) is 11.1. The minimum Gasteiger partial charge on any atom is -0.493 e. The van der Waals surface area contributed by atoms with Crippen molar-refractivity contribution >= 4 is 24.1 Å². The minimum absolute atomic E-state index is 0.0543. The molecule has 0 aromatic heterocycles. The molecule has 194 valence electrons. The average molecular weight is 497 g/mol. The van der Waals surface area contributed by atoms with E-state index < -0.39 is 23.1 Å². The van der Waals surface area contributed by atoms with Crippen molar-refractivity contribution in [1.29, 1.82) is 0 Å². The highest BCUT2D eigenvalue weighted by Gasteiger charge is 2.17. The molecule has 0 saturated heterocycles. The van der Waals surface area contributed by atoms with E-state index >= 15 is 0 Å². The highest BCUT2D eigenvalue weighted by Crippen LogP contribution is 2.28. The number of aliphatic carboxylic acids is 1. The quantitative estimate of drug-likeness (QED) is 0.114. The molecule has 12 heteroatoms. The number of esters is 1. The van der Waals surface area contributed by atoms with Crippen LogP contribution in [0.2, 0.25) is 0 Å². The van der Waals surface area contributed by atoms with Crippen molar-refractivity contribution < 1.29 is 43.6 Å². The topological polar surface area (TPSA) is 164 Å². The molecule has 0 spiro atoms. The number of hydrogen-bond acceptors (Lipinski definition) is 9. The third kappa shape index (κ3) is 13.5. The molecule has 1 atom stereocenters. The van der Waals surface area contributed by atoms with E-state index in [2.05, 4.69) is 10.2 Å². The lowest BCUT2D eigenvalue weighted by atomic mass is 9.94. The van der Waals surface area contributed by atoms with E-state index in [0.717, 1.165) is 0 Å². The summed E-state index contributed by atoms with van der Waals surface area (Å²) in [6.45, 7) is 4.15. The molecule has 2 N–H and O–H groups in total. The van der Waals surface area contributed by atoms with Gasteiger partial charge in [0.05, 0.1) is 20.3 Å². The fourth-order valence-corrected chi connectivity index (χ4v) is 3.12. The van der Waals surface area contributed by atoms with Crippen molar-refractivity contribution in [3.8, 4) is 11.5 Å². The maximum Gasteiger partial charge on any atom is 0.412 e. The maximum absolute atomic E-state index is 12.2. The number of carbonyl (C=O) groups is 3. The van der Waals surface area contributed by atoms with Crippen LogP contribution in [0, 0.1) is 22.0 Å². The van der Waals surface area contributed by atoms with Crippen LogP contribution in [0.5, 0.6) is 11.5 Å². The minimum atomic E-state index is -0.928. The van der Waals surface area contributed by atoms with Gasteiger partial charge in [0.1, 0.15) is 0 Å². The molecule has 0 bridgehead atoms. The number of methoxy groups -OCH3 is 1. The summed E-state index contributed by atoms with van der Waals surface area (Å²) >= 11 is 0. The van der Waals surface area contributed by atoms with Crippen LogP contribution in [-0.4, -0.2) is 55.1 Å². The lowest BCUT2D eigenvalue weighted by Gasteiger charge is -2.18. The van der Waals surface area contributed by atoms with Crippen LogP contribution in [0.4, 0.5) is 4.79 Å². The second-order valence-electron chi connectivity index (χ2n) is 8.04. The Bertz CT molecular complexity index is 885. The molecule has 0 aliphatic heterocycles. The Kier molecular flexibility index (Phi) is 13.3. The number of rotatable bonds is 16. The molecule has 0 fully saturated rings. The largest absolute Gasteiger partial charge is 0.493 e. The summed E-state index contributed by atoms with van der Waals surface area (Å²) in [4.78, 5) is 49.2. The van der Waals surface area contributed by atoms with Crippen molar-refractivity contribution in [1.82, 2.24) is 5.32 Å². The first kappa shape index (κ1) is 29.2. The van der Waals surface area contributed by atoms with Gasteiger partial charge in [0.25, 0.3) is 5.09 Å². The fraction of sp³-hybridized carbons (Fsp3) is 0.522. The van der Waals surface area contributed by atoms with Crippen LogP contribution in [0.25, 0.3) is 6.08 Å². The number of carboxylic acids is 1. The van der Waals surface area contributed by atoms with Crippen LogP contribution in [0.15, 0.2) is 24.3 Å². The van der Waals surface area contributed by atoms with Crippen molar-refractivity contribution in [3.05, 3.63) is 40.0 Å². The molecule has 1 aromatic rings. The van der Waals surface area contributed by atoms with E-state index in [-0.39, 0.29) is 49.5 Å². The monoisotopic (exact) mass is 496 g/mol. The van der Waals surface area contributed by atoms with Gasteiger partial charge in [-0.3, -0.25) is 4.79 Å². The smallest absolute Gasteiger partial charge is 0.412 e. The molecule has 1 aromatic carbocycles. The lowest BCUT2D eigenvalue weighted by molar-refractivity contribution is -0.757. The van der Waals surface area contributed by atoms with Crippen LogP contribution in [-0.2, 0) is 19.2 Å². The van der Waals surface area contributed by atoms with Crippen molar-refractivity contribution in [2.24, 2.45) is 11.8 Å². The van der Waals surface area contributed by atoms with Gasteiger partial charge in [-0.1, -0.05) is 19.9 Å². The highest BCUT2D eigenvalue weighted by molar-refractivity contribution is 5.87. The normalized spacial score (nSPS) is 11.7. The van der Waals surface area contributed by atoms with Crippen LogP contribution >= 0.6 is 0 Å². The molecule has 0 radical (unpaired) electrons. The molecule has 0 heterocycles. The SMILES string of the molecule is COc1cc(/C=C/C(=O)OCCCCO[N+](=O)[O-])ccc1OC(=O)NCC(CC(=O)O)CC(C)C. The third-order valence-corrected chi connectivity index (χ3v) is 4.59. The molecule has 0 saturated carbocycles. The molecule has 0 aliphatic carbocycles. The summed E-state index contributed by atoms with van der Waals surface area (Å²) in [7, 11) is 1.40. The van der Waals surface area contributed by atoms with Crippen molar-refractivity contribution in [3.63, 3.8) is 0 Å². The van der Waals surface area contributed by atoms with Gasteiger partial charge < -0.3 is 29.5 Å². The molecular formula is C23H32N2O10. The third-order valence-electron chi connectivity index (χ3n) is 4.59. The standard InChI is InChI=1S/C23H32N2O10/c1-16(2)12-18(14-21(26)27)15-24-23(29)35-19-8-6-17(13-20(19)32-3)7-9-22(28)33-10-4-5-11-34-25(30)31/h6-9,13,16,18H,4-5,10-12,14-15H2,1-3H3,(H,24,29)(H,26,27)/b9-7+. The van der Waals surface area contributed by atoms with Gasteiger partial charge in [-0.25, -0.2) is 9.59 Å². The van der Waals surface area contributed by atoms with E-state index in [4.69, 9.17) is 19.3 Å². The second kappa shape index (κ2) is 15.9. The molecule has 12 nitrogen and oxygen atoms in total. The number of ether oxygens (including phenoxy) is 3. The Morgan fingerprint density at radius 2 is 1.89 bits per heavy atom. The summed E-state index contributed by atoms with van der Waals surface area (Å²) in [6.07, 6.45) is 3.36. The molecule has 1 amide bonds. The van der Waals surface area contributed by atoms with Gasteiger partial charge in [-0.15, -0.1) is 10.1 Å². The number of unbranched alkanes of at least 4 members (excludes halogenated alkanes) is 1. The van der Waals surface area contributed by atoms with Crippen molar-refractivity contribution in [2.45, 2.75) is 39.5 Å². The van der Waals surface area contributed by atoms with Gasteiger partial charge in [0, 0.05) is 19.0 Å². The molecular weight excluding hydrogens is 464 g/mol. The second-order valence-corrected chi connectivity index (χ2v) is 8.04. The Hall–Kier alpha value is -3.83. The zero-order chi connectivity index (χ0) is 26.2. The van der Waals surface area contributed by atoms with Gasteiger partial charge in [-0.2, -0.15) is 0 Å². The zero-order valence-electron chi connectivity index (χ0n) is 20.1. The Labute approximate surface area is 203 Å². The average Bonchev–Trinajstić information content (AvgIpc) is 2.78. The number of amides is 1. The molecule has 1 unspecified atom stereocenters. The van der Waals surface area contributed by atoms with E-state index in [9.17, 15) is 24.5 Å². The molecule has 35 heavy (non-hydrogen) atoms. The van der Waals surface area contributed by atoms with Gasteiger partial charge >= 0.3 is 18.0 Å². The number of benzene rings is 1. The number of nitrogens with zero attached hydrogens (tertiary/aromatic N) is 1. The number of nitrogens with one attached hydrogen (secondary N) is 1. The van der Waals surface area contributed by atoms with Crippen LogP contribution < -0.4 is 14.8 Å². The summed E-state index contributed by atoms with van der Waals surface area (Å²) in [6, 6.07) is 4.67. The van der Waals surface area contributed by atoms with E-state index in [1.54, 1.807) is 12.1 Å². The Morgan fingerprint density at radius 1 is 1.17 bits per heavy atom. The molecule has 1 rings (SSSR count). The van der Waals surface area contributed by atoms with Gasteiger partial charge in [-0.05, 0) is 54.9 Å². The zero-order valence-corrected chi connectivity index (χ0v) is 20.1. The Balaban J connectivity index is 2.57. The van der Waals surface area contributed by atoms with E-state index in [1.807, 2.05) is 13.8 Å². The van der Waals surface area contributed by atoms with E-state index in [0.29, 0.717) is 24.8 Å². The Morgan fingerprint density at radius 3 is 2.51 bits per heavy atom. The summed E-state index contributed by atoms with van der Waals surface area (Å²) in [5.74, 6) is -1.04. The summed E-state index contributed by atoms with van der Waals surface area (Å²) in [5.41, 5.74) is 0.587. The van der Waals surface area contributed by atoms with Crippen LogP contribution in [0.3, 0.4) is 0 Å². The van der Waals surface area contributed by atoms with Crippen molar-refractivity contribution in [2.75, 3.05) is 26.9 Å². The van der Waals surface area contributed by atoms with Crippen LogP contribution in [0.1, 0.15) is 45.1 Å². The number of carboxylic acid groups (broad SMARTS) is 1. The molecule has 0 aliphatic rings. The highest BCUT2D eigenvalue weighted by atomic mass is 16.9. The summed E-state index contributed by atoms with van der Waals surface area (Å²) < 4.78 is 15.5. The van der Waals surface area contributed by atoms with Gasteiger partial charge in [0.2, 0.25) is 0 Å².